The Bertz CT molecular complexity index is 1510. The number of fused-ring (bicyclic) bond motifs is 2. The number of halogens is 1. The van der Waals surface area contributed by atoms with E-state index in [4.69, 9.17) is 4.98 Å². The molecule has 2 aromatic heterocycles. The number of hydrogen-bond donors (Lipinski definition) is 0. The summed E-state index contributed by atoms with van der Waals surface area (Å²) in [5, 5.41) is 0. The first kappa shape index (κ1) is 23.8. The van der Waals surface area contributed by atoms with Gasteiger partial charge in [-0.15, -0.1) is 0 Å². The summed E-state index contributed by atoms with van der Waals surface area (Å²) in [5.74, 6) is 0.916. The molecule has 0 saturated heterocycles. The second kappa shape index (κ2) is 8.33. The fourth-order valence-corrected chi connectivity index (χ4v) is 5.85. The number of aromatic nitrogens is 3. The van der Waals surface area contributed by atoms with Gasteiger partial charge in [0.25, 0.3) is 5.56 Å². The zero-order valence-electron chi connectivity index (χ0n) is 20.8. The van der Waals surface area contributed by atoms with E-state index in [1.165, 1.54) is 0 Å². The Labute approximate surface area is 218 Å². The largest absolute Gasteiger partial charge is 0.317 e. The first-order valence-electron chi connectivity index (χ1n) is 11.8. The monoisotopic (exact) mass is 580 g/mol. The van der Waals surface area contributed by atoms with Gasteiger partial charge in [-0.25, -0.2) is 4.98 Å². The van der Waals surface area contributed by atoms with Crippen LogP contribution in [0.25, 0.3) is 22.4 Å². The number of pyridine rings is 1. The number of anilines is 1. The van der Waals surface area contributed by atoms with E-state index >= 15 is 0 Å². The number of rotatable bonds is 4. The molecule has 1 atom stereocenters. The third-order valence-corrected chi connectivity index (χ3v) is 7.85. The minimum atomic E-state index is -0.616. The van der Waals surface area contributed by atoms with E-state index < -0.39 is 5.41 Å². The highest BCUT2D eigenvalue weighted by Crippen LogP contribution is 2.45. The van der Waals surface area contributed by atoms with Crippen LogP contribution in [0.15, 0.2) is 59.5 Å². The zero-order chi connectivity index (χ0) is 25.2. The average molecular weight is 580 g/mol. The van der Waals surface area contributed by atoms with Gasteiger partial charge in [-0.1, -0.05) is 30.3 Å². The number of imidazole rings is 1. The lowest BCUT2D eigenvalue weighted by molar-refractivity contribution is -0.122. The topological polar surface area (TPSA) is 60.1 Å². The number of hydrogen-bond acceptors (Lipinski definition) is 3. The van der Waals surface area contributed by atoms with Crippen LogP contribution in [0.2, 0.25) is 0 Å². The molecule has 0 fully saturated rings. The quantitative estimate of drug-likeness (QED) is 0.294. The van der Waals surface area contributed by atoms with Crippen molar-refractivity contribution in [3.8, 4) is 11.4 Å². The maximum atomic E-state index is 13.3. The molecule has 0 bridgehead atoms. The van der Waals surface area contributed by atoms with Gasteiger partial charge in [-0.3, -0.25) is 9.59 Å². The molecule has 0 N–H and O–H groups in total. The minimum Gasteiger partial charge on any atom is -0.317 e. The Hall–Kier alpha value is -2.94. The maximum absolute atomic E-state index is 13.3. The summed E-state index contributed by atoms with van der Waals surface area (Å²) in [6.45, 7) is 10.2. The zero-order valence-corrected chi connectivity index (χ0v) is 23.0. The van der Waals surface area contributed by atoms with Gasteiger partial charge in [0.05, 0.1) is 31.7 Å². The van der Waals surface area contributed by atoms with E-state index in [2.05, 4.69) is 72.2 Å². The molecule has 7 heteroatoms. The van der Waals surface area contributed by atoms with Gasteiger partial charge >= 0.3 is 0 Å². The standard InChI is InChI=1S/C28H29IN4O2/c1-16(2)32-23-14-24-22(13-20(23)28(4,5)27(32)35)30-25(19-12-21(29)26(34)31(6)15-19)33(24)17(3)18-10-8-7-9-11-18/h7-17H,1-6H3/t17-/m0/s1. The highest BCUT2D eigenvalue weighted by molar-refractivity contribution is 14.1. The van der Waals surface area contributed by atoms with Gasteiger partial charge in [0.15, 0.2) is 0 Å². The van der Waals surface area contributed by atoms with Crippen molar-refractivity contribution < 1.29 is 4.79 Å². The summed E-state index contributed by atoms with van der Waals surface area (Å²) in [6.07, 6.45) is 1.85. The molecule has 1 aliphatic rings. The van der Waals surface area contributed by atoms with Crippen molar-refractivity contribution in [2.45, 2.75) is 52.1 Å². The third kappa shape index (κ3) is 3.63. The molecule has 0 aliphatic carbocycles. The molecule has 1 amide bonds. The van der Waals surface area contributed by atoms with E-state index in [1.54, 1.807) is 11.6 Å². The molecule has 2 aromatic carbocycles. The summed E-state index contributed by atoms with van der Waals surface area (Å²) in [6, 6.07) is 16.5. The molecule has 6 nitrogen and oxygen atoms in total. The van der Waals surface area contributed by atoms with Crippen LogP contribution in [0.3, 0.4) is 0 Å². The maximum Gasteiger partial charge on any atom is 0.263 e. The van der Waals surface area contributed by atoms with Crippen LogP contribution in [-0.4, -0.2) is 26.1 Å². The van der Waals surface area contributed by atoms with E-state index in [9.17, 15) is 9.59 Å². The van der Waals surface area contributed by atoms with Crippen molar-refractivity contribution >= 4 is 45.2 Å². The fraction of sp³-hybridized carbons (Fsp3) is 0.321. The summed E-state index contributed by atoms with van der Waals surface area (Å²) in [5.41, 5.74) is 5.16. The smallest absolute Gasteiger partial charge is 0.263 e. The lowest BCUT2D eigenvalue weighted by atomic mass is 9.86. The van der Waals surface area contributed by atoms with Gasteiger partial charge in [-0.05, 0) is 86.5 Å². The predicted molar refractivity (Wildman–Crippen MR) is 149 cm³/mol. The SMILES string of the molecule is CC(C)N1C(=O)C(C)(C)c2cc3nc(-c4cc(I)c(=O)n(C)c4)n([C@@H](C)c4ccccc4)c3cc21. The summed E-state index contributed by atoms with van der Waals surface area (Å²) >= 11 is 2.09. The van der Waals surface area contributed by atoms with Gasteiger partial charge < -0.3 is 14.0 Å². The van der Waals surface area contributed by atoms with E-state index in [0.29, 0.717) is 3.57 Å². The first-order chi connectivity index (χ1) is 16.5. The van der Waals surface area contributed by atoms with Crippen molar-refractivity contribution in [3.63, 3.8) is 0 Å². The molecular weight excluding hydrogens is 551 g/mol. The second-order valence-electron chi connectivity index (χ2n) is 10.1. The number of benzene rings is 2. The van der Waals surface area contributed by atoms with E-state index in [1.807, 2.05) is 49.2 Å². The van der Waals surface area contributed by atoms with E-state index in [-0.39, 0.29) is 23.6 Å². The van der Waals surface area contributed by atoms with Gasteiger partial charge in [0.2, 0.25) is 5.91 Å². The van der Waals surface area contributed by atoms with Crippen LogP contribution in [0.5, 0.6) is 0 Å². The van der Waals surface area contributed by atoms with Crippen LogP contribution >= 0.6 is 22.6 Å². The average Bonchev–Trinajstić information content (AvgIpc) is 3.28. The highest BCUT2D eigenvalue weighted by atomic mass is 127. The van der Waals surface area contributed by atoms with Crippen LogP contribution in [0, 0.1) is 3.57 Å². The Morgan fingerprint density at radius 3 is 2.31 bits per heavy atom. The Morgan fingerprint density at radius 2 is 1.69 bits per heavy atom. The summed E-state index contributed by atoms with van der Waals surface area (Å²) in [4.78, 5) is 32.7. The molecule has 4 aromatic rings. The minimum absolute atomic E-state index is 0.0123. The van der Waals surface area contributed by atoms with E-state index in [0.717, 1.165) is 39.2 Å². The van der Waals surface area contributed by atoms with Gasteiger partial charge in [-0.2, -0.15) is 0 Å². The lowest BCUT2D eigenvalue weighted by Crippen LogP contribution is -2.40. The molecule has 1 aliphatic heterocycles. The third-order valence-electron chi connectivity index (χ3n) is 7.08. The van der Waals surface area contributed by atoms with Crippen molar-refractivity contribution in [2.75, 3.05) is 4.90 Å². The fourth-order valence-electron chi connectivity index (χ4n) is 5.14. The highest BCUT2D eigenvalue weighted by Gasteiger charge is 2.45. The number of carbonyl (C=O) groups excluding carboxylic acids is 1. The van der Waals surface area contributed by atoms with Gasteiger partial charge in [0.1, 0.15) is 5.82 Å². The second-order valence-corrected chi connectivity index (χ2v) is 11.3. The Kier molecular flexibility index (Phi) is 5.66. The van der Waals surface area contributed by atoms with Crippen molar-refractivity contribution in [1.82, 2.24) is 14.1 Å². The number of nitrogens with zero attached hydrogens (tertiary/aromatic N) is 4. The molecule has 5 rings (SSSR count). The van der Waals surface area contributed by atoms with Crippen molar-refractivity contribution in [1.29, 1.82) is 0 Å². The molecule has 35 heavy (non-hydrogen) atoms. The van der Waals surface area contributed by atoms with Crippen LogP contribution in [0.1, 0.15) is 51.8 Å². The lowest BCUT2D eigenvalue weighted by Gasteiger charge is -2.24. The van der Waals surface area contributed by atoms with Gasteiger partial charge in [0, 0.05) is 24.8 Å². The number of amides is 1. The van der Waals surface area contributed by atoms with Crippen LogP contribution in [-0.2, 0) is 17.3 Å². The van der Waals surface area contributed by atoms with Crippen molar-refractivity contribution in [3.05, 3.63) is 79.8 Å². The van der Waals surface area contributed by atoms with Crippen molar-refractivity contribution in [2.24, 2.45) is 7.05 Å². The molecule has 0 saturated carbocycles. The Morgan fingerprint density at radius 1 is 1.00 bits per heavy atom. The number of aryl methyl sites for hydroxylation is 1. The molecular formula is C28H29IN4O2. The molecule has 0 radical (unpaired) electrons. The number of carbonyl (C=O) groups is 1. The predicted octanol–water partition coefficient (Wildman–Crippen LogP) is 5.65. The van der Waals surface area contributed by atoms with Crippen LogP contribution in [0.4, 0.5) is 5.69 Å². The molecule has 180 valence electrons. The molecule has 0 spiro atoms. The Balaban J connectivity index is 1.85. The first-order valence-corrected chi connectivity index (χ1v) is 12.9. The summed E-state index contributed by atoms with van der Waals surface area (Å²) in [7, 11) is 1.77. The normalized spacial score (nSPS) is 15.8. The molecule has 3 heterocycles. The molecule has 0 unspecified atom stereocenters. The summed E-state index contributed by atoms with van der Waals surface area (Å²) < 4.78 is 4.49. The van der Waals surface area contributed by atoms with Crippen LogP contribution < -0.4 is 10.5 Å².